The highest BCUT2D eigenvalue weighted by molar-refractivity contribution is 6.34. The third-order valence-electron chi connectivity index (χ3n) is 3.19. The maximum Gasteiger partial charge on any atom is 0.449 e. The predicted octanol–water partition coefficient (Wildman–Crippen LogP) is 5.86. The predicted molar refractivity (Wildman–Crippen MR) is 81.3 cm³/mol. The molecule has 0 unspecified atom stereocenters. The summed E-state index contributed by atoms with van der Waals surface area (Å²) in [4.78, 5) is 5.82. The first kappa shape index (κ1) is 15.2. The van der Waals surface area contributed by atoms with Crippen molar-refractivity contribution in [2.45, 2.75) is 13.1 Å². The van der Waals surface area contributed by atoms with Crippen LogP contribution in [-0.4, -0.2) is 9.97 Å². The van der Waals surface area contributed by atoms with E-state index in [1.807, 2.05) is 13.0 Å². The number of aromatic nitrogens is 2. The van der Waals surface area contributed by atoms with E-state index < -0.39 is 12.0 Å². The number of nitrogens with one attached hydrogen (secondary N) is 1. The number of aromatic amines is 1. The average molecular weight is 345 g/mol. The van der Waals surface area contributed by atoms with Crippen molar-refractivity contribution in [2.24, 2.45) is 0 Å². The largest absolute Gasteiger partial charge is 0.449 e. The molecule has 0 aliphatic heterocycles. The summed E-state index contributed by atoms with van der Waals surface area (Å²) in [5, 5.41) is 0.857. The third-order valence-corrected chi connectivity index (χ3v) is 3.72. The van der Waals surface area contributed by atoms with E-state index in [1.165, 1.54) is 12.1 Å². The molecule has 0 amide bonds. The highest BCUT2D eigenvalue weighted by atomic mass is 35.5. The Bertz CT molecular complexity index is 849. The number of benzene rings is 2. The number of hydrogen-bond donors (Lipinski definition) is 1. The van der Waals surface area contributed by atoms with Crippen molar-refractivity contribution in [3.63, 3.8) is 0 Å². The molecule has 2 aromatic carbocycles. The number of rotatable bonds is 1. The number of aryl methyl sites for hydroxylation is 1. The van der Waals surface area contributed by atoms with Gasteiger partial charge >= 0.3 is 6.18 Å². The zero-order valence-electron chi connectivity index (χ0n) is 11.2. The van der Waals surface area contributed by atoms with Crippen molar-refractivity contribution in [3.05, 3.63) is 51.8 Å². The fourth-order valence-electron chi connectivity index (χ4n) is 2.28. The molecule has 0 aliphatic rings. The molecule has 0 saturated heterocycles. The Labute approximate surface area is 133 Å². The first-order valence-corrected chi connectivity index (χ1v) is 7.03. The SMILES string of the molecule is Cc1cc(Cl)cc(-c2cc3nc(C(F)(F)F)[nH]c3cc2Cl)c1. The molecule has 1 aromatic heterocycles. The lowest BCUT2D eigenvalue weighted by atomic mass is 10.0. The highest BCUT2D eigenvalue weighted by Crippen LogP contribution is 2.35. The molecule has 7 heteroatoms. The van der Waals surface area contributed by atoms with Crippen molar-refractivity contribution in [1.29, 1.82) is 0 Å². The Kier molecular flexibility index (Phi) is 3.57. The summed E-state index contributed by atoms with van der Waals surface area (Å²) in [5.74, 6) is -1.04. The summed E-state index contributed by atoms with van der Waals surface area (Å²) in [6, 6.07) is 8.31. The molecule has 3 rings (SSSR count). The maximum atomic E-state index is 12.7. The molecule has 0 fully saturated rings. The van der Waals surface area contributed by atoms with Crippen LogP contribution in [0, 0.1) is 6.92 Å². The first-order chi connectivity index (χ1) is 10.2. The second kappa shape index (κ2) is 5.18. The van der Waals surface area contributed by atoms with Gasteiger partial charge in [-0.1, -0.05) is 29.3 Å². The Balaban J connectivity index is 2.20. The number of imidazole rings is 1. The van der Waals surface area contributed by atoms with E-state index in [0.717, 1.165) is 11.1 Å². The van der Waals surface area contributed by atoms with E-state index in [-0.39, 0.29) is 11.0 Å². The van der Waals surface area contributed by atoms with Crippen LogP contribution < -0.4 is 0 Å². The second-order valence-electron chi connectivity index (χ2n) is 4.95. The topological polar surface area (TPSA) is 28.7 Å². The molecule has 0 radical (unpaired) electrons. The van der Waals surface area contributed by atoms with Crippen LogP contribution in [0.3, 0.4) is 0 Å². The van der Waals surface area contributed by atoms with Gasteiger partial charge in [-0.25, -0.2) is 4.98 Å². The average Bonchev–Trinajstić information content (AvgIpc) is 2.79. The monoisotopic (exact) mass is 344 g/mol. The number of nitrogens with zero attached hydrogens (tertiary/aromatic N) is 1. The lowest BCUT2D eigenvalue weighted by Crippen LogP contribution is -2.06. The van der Waals surface area contributed by atoms with Crippen LogP contribution in [0.5, 0.6) is 0 Å². The third kappa shape index (κ3) is 2.78. The summed E-state index contributed by atoms with van der Waals surface area (Å²) >= 11 is 12.2. The van der Waals surface area contributed by atoms with Gasteiger partial charge in [0, 0.05) is 10.6 Å². The van der Waals surface area contributed by atoms with Gasteiger partial charge in [0.25, 0.3) is 0 Å². The van der Waals surface area contributed by atoms with Crippen molar-refractivity contribution < 1.29 is 13.2 Å². The molecule has 22 heavy (non-hydrogen) atoms. The number of halogens is 5. The standard InChI is InChI=1S/C15H9Cl2F3N2/c1-7-2-8(4-9(16)3-7)10-5-12-13(6-11(10)17)22-14(21-12)15(18,19)20/h2-6H,1H3,(H,21,22). The van der Waals surface area contributed by atoms with Crippen molar-refractivity contribution in [1.82, 2.24) is 9.97 Å². The van der Waals surface area contributed by atoms with Gasteiger partial charge in [0.2, 0.25) is 5.82 Å². The summed E-state index contributed by atoms with van der Waals surface area (Å²) in [7, 11) is 0. The minimum Gasteiger partial charge on any atom is -0.334 e. The van der Waals surface area contributed by atoms with Gasteiger partial charge in [-0.3, -0.25) is 0 Å². The first-order valence-electron chi connectivity index (χ1n) is 6.28. The molecule has 114 valence electrons. The molecule has 0 aliphatic carbocycles. The van der Waals surface area contributed by atoms with Crippen LogP contribution in [0.15, 0.2) is 30.3 Å². The lowest BCUT2D eigenvalue weighted by Gasteiger charge is -2.07. The highest BCUT2D eigenvalue weighted by Gasteiger charge is 2.34. The normalized spacial score (nSPS) is 12.1. The Morgan fingerprint density at radius 2 is 1.77 bits per heavy atom. The molecule has 0 atom stereocenters. The van der Waals surface area contributed by atoms with E-state index in [4.69, 9.17) is 23.2 Å². The quantitative estimate of drug-likeness (QED) is 0.588. The van der Waals surface area contributed by atoms with Gasteiger partial charge in [0.05, 0.1) is 16.1 Å². The Morgan fingerprint density at radius 3 is 2.41 bits per heavy atom. The number of H-pyrrole nitrogens is 1. The number of hydrogen-bond acceptors (Lipinski definition) is 1. The van der Waals surface area contributed by atoms with Crippen molar-refractivity contribution >= 4 is 34.2 Å². The van der Waals surface area contributed by atoms with Gasteiger partial charge in [0.15, 0.2) is 0 Å². The molecule has 0 bridgehead atoms. The van der Waals surface area contributed by atoms with Crippen LogP contribution in [0.1, 0.15) is 11.4 Å². The molecule has 1 N–H and O–H groups in total. The fraction of sp³-hybridized carbons (Fsp3) is 0.133. The summed E-state index contributed by atoms with van der Waals surface area (Å²) in [6.45, 7) is 1.87. The van der Waals surface area contributed by atoms with Crippen LogP contribution in [0.25, 0.3) is 22.2 Å². The Hall–Kier alpha value is -1.72. The zero-order chi connectivity index (χ0) is 16.1. The molecular weight excluding hydrogens is 336 g/mol. The van der Waals surface area contributed by atoms with E-state index in [2.05, 4.69) is 9.97 Å². The zero-order valence-corrected chi connectivity index (χ0v) is 12.7. The smallest absolute Gasteiger partial charge is 0.334 e. The number of alkyl halides is 3. The van der Waals surface area contributed by atoms with E-state index in [1.54, 1.807) is 12.1 Å². The van der Waals surface area contributed by atoms with Gasteiger partial charge in [-0.15, -0.1) is 0 Å². The maximum absolute atomic E-state index is 12.7. The van der Waals surface area contributed by atoms with Crippen molar-refractivity contribution in [2.75, 3.05) is 0 Å². The van der Waals surface area contributed by atoms with Gasteiger partial charge in [-0.05, 0) is 42.3 Å². The van der Waals surface area contributed by atoms with E-state index in [0.29, 0.717) is 15.6 Å². The summed E-state index contributed by atoms with van der Waals surface area (Å²) < 4.78 is 38.1. The van der Waals surface area contributed by atoms with Gasteiger partial charge < -0.3 is 4.98 Å². The van der Waals surface area contributed by atoms with Crippen LogP contribution in [0.2, 0.25) is 10.0 Å². The number of fused-ring (bicyclic) bond motifs is 1. The van der Waals surface area contributed by atoms with Gasteiger partial charge in [-0.2, -0.15) is 13.2 Å². The van der Waals surface area contributed by atoms with Gasteiger partial charge in [0.1, 0.15) is 0 Å². The molecule has 2 nitrogen and oxygen atoms in total. The molecule has 1 heterocycles. The minimum atomic E-state index is -4.53. The van der Waals surface area contributed by atoms with Crippen LogP contribution in [-0.2, 0) is 6.18 Å². The lowest BCUT2D eigenvalue weighted by molar-refractivity contribution is -0.144. The van der Waals surface area contributed by atoms with Crippen LogP contribution in [0.4, 0.5) is 13.2 Å². The van der Waals surface area contributed by atoms with E-state index >= 15 is 0 Å². The Morgan fingerprint density at radius 1 is 1.05 bits per heavy atom. The summed E-state index contributed by atoms with van der Waals surface area (Å²) in [6.07, 6.45) is -4.53. The van der Waals surface area contributed by atoms with Crippen molar-refractivity contribution in [3.8, 4) is 11.1 Å². The molecule has 0 spiro atoms. The molecular formula is C15H9Cl2F3N2. The second-order valence-corrected chi connectivity index (χ2v) is 5.79. The van der Waals surface area contributed by atoms with E-state index in [9.17, 15) is 13.2 Å². The minimum absolute atomic E-state index is 0.198. The molecule has 0 saturated carbocycles. The summed E-state index contributed by atoms with van der Waals surface area (Å²) in [5.41, 5.74) is 2.68. The molecule has 3 aromatic rings. The van der Waals surface area contributed by atoms with Crippen LogP contribution >= 0.6 is 23.2 Å². The fourth-order valence-corrected chi connectivity index (χ4v) is 2.84.